The highest BCUT2D eigenvalue weighted by atomic mass is 16.5. The summed E-state index contributed by atoms with van der Waals surface area (Å²) in [5.74, 6) is -2.45. The molecule has 2 N–H and O–H groups in total. The molecule has 5 heteroatoms. The monoisotopic (exact) mass is 252 g/mol. The van der Waals surface area contributed by atoms with Crippen molar-refractivity contribution in [2.75, 3.05) is 7.11 Å². The third-order valence-electron chi connectivity index (χ3n) is 2.81. The van der Waals surface area contributed by atoms with Crippen LogP contribution >= 0.6 is 0 Å². The van der Waals surface area contributed by atoms with Gasteiger partial charge in [0, 0.05) is 0 Å². The number of hydrogen-bond acceptors (Lipinski definition) is 3. The summed E-state index contributed by atoms with van der Waals surface area (Å²) in [5, 5.41) is 18.3. The highest BCUT2D eigenvalue weighted by Crippen LogP contribution is 2.30. The first-order valence-electron chi connectivity index (χ1n) is 5.61. The molecule has 0 aliphatic heterocycles. The molecule has 1 aromatic rings. The first kappa shape index (κ1) is 14.0. The first-order valence-corrected chi connectivity index (χ1v) is 5.61. The Kier molecular flexibility index (Phi) is 4.31. The number of hydrogen-bond donors (Lipinski definition) is 2. The van der Waals surface area contributed by atoms with Gasteiger partial charge in [-0.05, 0) is 30.5 Å². The quantitative estimate of drug-likeness (QED) is 0.840. The minimum absolute atomic E-state index is 0.0687. The zero-order valence-corrected chi connectivity index (χ0v) is 10.6. The molecule has 0 aliphatic carbocycles. The summed E-state index contributed by atoms with van der Waals surface area (Å²) in [7, 11) is 1.27. The third-order valence-corrected chi connectivity index (χ3v) is 2.81. The molecule has 0 saturated heterocycles. The Balaban J connectivity index is 3.63. The Morgan fingerprint density at radius 2 is 1.89 bits per heavy atom. The van der Waals surface area contributed by atoms with Crippen LogP contribution in [0.5, 0.6) is 5.75 Å². The fourth-order valence-electron chi connectivity index (χ4n) is 1.97. The molecule has 18 heavy (non-hydrogen) atoms. The van der Waals surface area contributed by atoms with Crippen molar-refractivity contribution in [3.63, 3.8) is 0 Å². The Hall–Kier alpha value is -2.04. The van der Waals surface area contributed by atoms with E-state index >= 15 is 0 Å². The second-order valence-electron chi connectivity index (χ2n) is 3.98. The van der Waals surface area contributed by atoms with E-state index in [2.05, 4.69) is 0 Å². The number of rotatable bonds is 5. The van der Waals surface area contributed by atoms with Crippen LogP contribution in [0.4, 0.5) is 0 Å². The van der Waals surface area contributed by atoms with Gasteiger partial charge in [0.05, 0.1) is 7.11 Å². The van der Waals surface area contributed by atoms with E-state index in [9.17, 15) is 14.7 Å². The summed E-state index contributed by atoms with van der Waals surface area (Å²) in [5.41, 5.74) is 1.11. The van der Waals surface area contributed by atoms with Gasteiger partial charge >= 0.3 is 11.9 Å². The lowest BCUT2D eigenvalue weighted by Crippen LogP contribution is -2.11. The van der Waals surface area contributed by atoms with Crippen molar-refractivity contribution in [3.05, 3.63) is 28.3 Å². The molecule has 0 aliphatic rings. The predicted molar refractivity (Wildman–Crippen MR) is 65.6 cm³/mol. The van der Waals surface area contributed by atoms with Gasteiger partial charge in [0.15, 0.2) is 0 Å². The Morgan fingerprint density at radius 3 is 2.28 bits per heavy atom. The van der Waals surface area contributed by atoms with Crippen molar-refractivity contribution in [1.29, 1.82) is 0 Å². The van der Waals surface area contributed by atoms with Crippen LogP contribution in [-0.4, -0.2) is 29.3 Å². The molecular formula is C13H16O5. The van der Waals surface area contributed by atoms with E-state index in [1.807, 2.05) is 6.92 Å². The normalized spacial score (nSPS) is 10.2. The number of methoxy groups -OCH3 is 1. The van der Waals surface area contributed by atoms with Crippen LogP contribution in [0.25, 0.3) is 0 Å². The number of ether oxygens (including phenoxy) is 1. The molecule has 0 atom stereocenters. The van der Waals surface area contributed by atoms with Gasteiger partial charge in [-0.2, -0.15) is 0 Å². The van der Waals surface area contributed by atoms with Gasteiger partial charge in [0.2, 0.25) is 0 Å². The van der Waals surface area contributed by atoms with E-state index in [1.165, 1.54) is 13.2 Å². The summed E-state index contributed by atoms with van der Waals surface area (Å²) >= 11 is 0. The van der Waals surface area contributed by atoms with E-state index in [0.717, 1.165) is 12.0 Å². The average Bonchev–Trinajstić information content (AvgIpc) is 2.30. The van der Waals surface area contributed by atoms with E-state index < -0.39 is 11.9 Å². The van der Waals surface area contributed by atoms with Gasteiger partial charge in [-0.15, -0.1) is 0 Å². The maximum Gasteiger partial charge on any atom is 0.339 e. The Labute approximate surface area is 105 Å². The van der Waals surface area contributed by atoms with Gasteiger partial charge in [-0.1, -0.05) is 13.3 Å². The summed E-state index contributed by atoms with van der Waals surface area (Å²) in [4.78, 5) is 22.4. The number of carbonyl (C=O) groups is 2. The average molecular weight is 252 g/mol. The van der Waals surface area contributed by atoms with Gasteiger partial charge in [-0.25, -0.2) is 9.59 Å². The van der Waals surface area contributed by atoms with Crippen molar-refractivity contribution in [2.45, 2.75) is 26.7 Å². The Morgan fingerprint density at radius 1 is 1.28 bits per heavy atom. The van der Waals surface area contributed by atoms with Crippen molar-refractivity contribution < 1.29 is 24.5 Å². The van der Waals surface area contributed by atoms with Gasteiger partial charge in [0.25, 0.3) is 0 Å². The maximum absolute atomic E-state index is 11.3. The van der Waals surface area contributed by atoms with Gasteiger partial charge in [0.1, 0.15) is 16.9 Å². The van der Waals surface area contributed by atoms with Crippen LogP contribution in [0.1, 0.15) is 45.2 Å². The summed E-state index contributed by atoms with van der Waals surface area (Å²) in [6.07, 6.45) is 1.45. The second kappa shape index (κ2) is 5.53. The van der Waals surface area contributed by atoms with E-state index in [-0.39, 0.29) is 16.9 Å². The molecule has 0 bridgehead atoms. The van der Waals surface area contributed by atoms with Crippen molar-refractivity contribution >= 4 is 11.9 Å². The topological polar surface area (TPSA) is 83.8 Å². The fourth-order valence-corrected chi connectivity index (χ4v) is 1.97. The number of benzene rings is 1. The van der Waals surface area contributed by atoms with Crippen LogP contribution in [0.2, 0.25) is 0 Å². The fraction of sp³-hybridized carbons (Fsp3) is 0.385. The standard InChI is InChI=1S/C13H16O5/c1-4-5-8-6-9(12(14)15)11(18-3)10(7(8)2)13(16)17/h6H,4-5H2,1-3H3,(H,14,15)(H,16,17). The lowest BCUT2D eigenvalue weighted by atomic mass is 9.94. The molecule has 0 amide bonds. The summed E-state index contributed by atoms with van der Waals surface area (Å²) in [6.45, 7) is 3.62. The minimum atomic E-state index is -1.19. The van der Waals surface area contributed by atoms with E-state index in [0.29, 0.717) is 12.0 Å². The van der Waals surface area contributed by atoms with Crippen LogP contribution in [0, 0.1) is 6.92 Å². The number of carboxylic acid groups (broad SMARTS) is 2. The van der Waals surface area contributed by atoms with Crippen LogP contribution in [0.3, 0.4) is 0 Å². The molecule has 0 radical (unpaired) electrons. The summed E-state index contributed by atoms with van der Waals surface area (Å²) < 4.78 is 4.95. The van der Waals surface area contributed by atoms with Gasteiger partial charge < -0.3 is 14.9 Å². The van der Waals surface area contributed by atoms with Crippen LogP contribution < -0.4 is 4.74 Å². The number of aryl methyl sites for hydroxylation is 1. The predicted octanol–water partition coefficient (Wildman–Crippen LogP) is 2.35. The molecule has 0 heterocycles. The van der Waals surface area contributed by atoms with Gasteiger partial charge in [-0.3, -0.25) is 0 Å². The third kappa shape index (κ3) is 2.45. The molecule has 5 nitrogen and oxygen atoms in total. The molecule has 0 aromatic heterocycles. The van der Waals surface area contributed by atoms with Crippen molar-refractivity contribution in [2.24, 2.45) is 0 Å². The zero-order chi connectivity index (χ0) is 13.9. The summed E-state index contributed by atoms with van der Waals surface area (Å²) in [6, 6.07) is 1.49. The molecule has 0 unspecified atom stereocenters. The van der Waals surface area contributed by atoms with Crippen LogP contribution in [-0.2, 0) is 6.42 Å². The molecule has 0 spiro atoms. The second-order valence-corrected chi connectivity index (χ2v) is 3.98. The molecule has 0 saturated carbocycles. The van der Waals surface area contributed by atoms with E-state index in [1.54, 1.807) is 6.92 Å². The lowest BCUT2D eigenvalue weighted by Gasteiger charge is -2.15. The largest absolute Gasteiger partial charge is 0.495 e. The van der Waals surface area contributed by atoms with Crippen molar-refractivity contribution in [3.8, 4) is 5.75 Å². The first-order chi connectivity index (χ1) is 8.43. The molecule has 0 fully saturated rings. The minimum Gasteiger partial charge on any atom is -0.495 e. The molecule has 98 valence electrons. The number of aromatic carboxylic acids is 2. The smallest absolute Gasteiger partial charge is 0.339 e. The highest BCUT2D eigenvalue weighted by molar-refractivity contribution is 6.00. The molecule has 1 rings (SSSR count). The number of carboxylic acids is 2. The van der Waals surface area contributed by atoms with Crippen LogP contribution in [0.15, 0.2) is 6.07 Å². The van der Waals surface area contributed by atoms with E-state index in [4.69, 9.17) is 9.84 Å². The van der Waals surface area contributed by atoms with Crippen molar-refractivity contribution in [1.82, 2.24) is 0 Å². The lowest BCUT2D eigenvalue weighted by molar-refractivity contribution is 0.0690. The Bertz CT molecular complexity index is 491. The SMILES string of the molecule is CCCc1cc(C(=O)O)c(OC)c(C(=O)O)c1C. The molecular weight excluding hydrogens is 236 g/mol. The zero-order valence-electron chi connectivity index (χ0n) is 10.6. The molecule has 1 aromatic carbocycles. The highest BCUT2D eigenvalue weighted by Gasteiger charge is 2.24. The maximum atomic E-state index is 11.3.